The van der Waals surface area contributed by atoms with Gasteiger partial charge >= 0.3 is 21.6 Å². The Morgan fingerprint density at radius 3 is 2.24 bits per heavy atom. The summed E-state index contributed by atoms with van der Waals surface area (Å²) in [5.41, 5.74) is -0.162. The van der Waals surface area contributed by atoms with Gasteiger partial charge in [-0.2, -0.15) is 4.31 Å². The molecule has 0 rings (SSSR count). The summed E-state index contributed by atoms with van der Waals surface area (Å²) in [6.07, 6.45) is 0.398. The van der Waals surface area contributed by atoms with Gasteiger partial charge in [-0.25, -0.2) is 13.9 Å². The zero-order valence-corrected chi connectivity index (χ0v) is 11.1. The second kappa shape index (κ2) is 6.44. The first-order chi connectivity index (χ1) is 7.59. The Bertz CT molecular complexity index is 389. The zero-order chi connectivity index (χ0) is 13.7. The molecule has 0 aromatic carbocycles. The predicted molar refractivity (Wildman–Crippen MR) is 57.9 cm³/mol. The average molecular weight is 288 g/mol. The first-order valence-electron chi connectivity index (χ1n) is 4.50. The van der Waals surface area contributed by atoms with Crippen LogP contribution < -0.4 is 0 Å². The van der Waals surface area contributed by atoms with Crippen molar-refractivity contribution in [3.05, 3.63) is 12.2 Å². The minimum absolute atomic E-state index is 0.151. The van der Waals surface area contributed by atoms with E-state index < -0.39 is 21.6 Å². The summed E-state index contributed by atoms with van der Waals surface area (Å²) < 4.78 is 34.4. The summed E-state index contributed by atoms with van der Waals surface area (Å²) in [5, 5.41) is 0. The lowest BCUT2D eigenvalue weighted by atomic mass is 10.4. The van der Waals surface area contributed by atoms with Gasteiger partial charge in [-0.05, 0) is 13.3 Å². The number of hydrogen-bond acceptors (Lipinski definition) is 6. The van der Waals surface area contributed by atoms with Crippen molar-refractivity contribution >= 4 is 21.6 Å². The largest absolute Gasteiger partial charge is 0.538 e. The molecule has 100 valence electrons. The van der Waals surface area contributed by atoms with E-state index in [-0.39, 0.29) is 12.2 Å². The Labute approximate surface area is 98.4 Å². The second-order valence-electron chi connectivity index (χ2n) is 3.01. The van der Waals surface area contributed by atoms with Crippen LogP contribution in [0.25, 0.3) is 0 Å². The molecule has 2 unspecified atom stereocenters. The van der Waals surface area contributed by atoms with E-state index in [0.717, 1.165) is 0 Å². The quantitative estimate of drug-likeness (QED) is 0.537. The molecule has 0 fully saturated rings. The molecule has 0 aromatic heterocycles. The van der Waals surface area contributed by atoms with Crippen LogP contribution in [0.1, 0.15) is 20.3 Å². The monoisotopic (exact) mass is 288 g/mol. The Morgan fingerprint density at radius 1 is 1.29 bits per heavy atom. The molecule has 0 bridgehead atoms. The molecule has 0 radical (unpaired) electrons. The van der Waals surface area contributed by atoms with Gasteiger partial charge in [0.15, 0.2) is 0 Å². The number of phosphoric ester groups is 2. The van der Waals surface area contributed by atoms with Crippen molar-refractivity contribution in [2.24, 2.45) is 0 Å². The lowest BCUT2D eigenvalue weighted by Crippen LogP contribution is -2.05. The van der Waals surface area contributed by atoms with Crippen LogP contribution in [0.5, 0.6) is 0 Å². The van der Waals surface area contributed by atoms with Gasteiger partial charge in [0.25, 0.3) is 0 Å². The van der Waals surface area contributed by atoms with Crippen molar-refractivity contribution in [3.8, 4) is 0 Å². The molecule has 2 N–H and O–H groups in total. The van der Waals surface area contributed by atoms with Crippen LogP contribution in [0, 0.1) is 0 Å². The summed E-state index contributed by atoms with van der Waals surface area (Å²) in [7, 11) is -9.75. The normalized spacial score (nSPS) is 17.9. The molecule has 8 nitrogen and oxygen atoms in total. The molecule has 0 aliphatic carbocycles. The van der Waals surface area contributed by atoms with E-state index in [1.165, 1.54) is 6.92 Å². The molecule has 0 heterocycles. The smallest absolute Gasteiger partial charge is 0.367 e. The van der Waals surface area contributed by atoms with Gasteiger partial charge in [-0.1, -0.05) is 13.5 Å². The van der Waals surface area contributed by atoms with Crippen molar-refractivity contribution < 1.29 is 37.1 Å². The highest BCUT2D eigenvalue weighted by atomic mass is 31.3. The van der Waals surface area contributed by atoms with Crippen LogP contribution in [0.15, 0.2) is 12.2 Å². The van der Waals surface area contributed by atoms with E-state index in [1.807, 2.05) is 0 Å². The third kappa shape index (κ3) is 7.44. The highest BCUT2D eigenvalue weighted by molar-refractivity contribution is 7.61. The fourth-order valence-electron chi connectivity index (χ4n) is 0.560. The molecular weight excluding hydrogens is 274 g/mol. The van der Waals surface area contributed by atoms with Gasteiger partial charge in [0, 0.05) is 5.57 Å². The predicted octanol–water partition coefficient (Wildman–Crippen LogP) is 1.75. The van der Waals surface area contributed by atoms with E-state index in [4.69, 9.17) is 9.79 Å². The second-order valence-corrected chi connectivity index (χ2v) is 5.98. The molecule has 0 aromatic rings. The van der Waals surface area contributed by atoms with E-state index in [2.05, 4.69) is 19.9 Å². The molecular formula is C7H14O8P2. The van der Waals surface area contributed by atoms with Crippen LogP contribution in [0.3, 0.4) is 0 Å². The molecule has 0 amide bonds. The van der Waals surface area contributed by atoms with Gasteiger partial charge in [0.2, 0.25) is 0 Å². The minimum Gasteiger partial charge on any atom is -0.367 e. The van der Waals surface area contributed by atoms with Crippen molar-refractivity contribution in [3.63, 3.8) is 0 Å². The number of carbonyl (C=O) groups excluding carboxylic acids is 1. The maximum atomic E-state index is 11.1. The van der Waals surface area contributed by atoms with Gasteiger partial charge in [-0.3, -0.25) is 9.42 Å². The van der Waals surface area contributed by atoms with Crippen molar-refractivity contribution in [2.45, 2.75) is 20.3 Å². The Morgan fingerprint density at radius 2 is 1.82 bits per heavy atom. The van der Waals surface area contributed by atoms with Gasteiger partial charge < -0.3 is 9.42 Å². The molecule has 0 spiro atoms. The average Bonchev–Trinajstić information content (AvgIpc) is 2.12. The first-order valence-corrected chi connectivity index (χ1v) is 7.49. The number of hydrogen-bond donors (Lipinski definition) is 2. The van der Waals surface area contributed by atoms with Crippen LogP contribution in [0.2, 0.25) is 0 Å². The van der Waals surface area contributed by atoms with Crippen molar-refractivity contribution in [2.75, 3.05) is 6.61 Å². The molecule has 0 aliphatic heterocycles. The molecule has 10 heteroatoms. The highest BCUT2D eigenvalue weighted by Crippen LogP contribution is 2.60. The molecule has 2 atom stereocenters. The van der Waals surface area contributed by atoms with Crippen LogP contribution >= 0.6 is 15.6 Å². The fraction of sp³-hybridized carbons (Fsp3) is 0.571. The van der Waals surface area contributed by atoms with E-state index in [1.54, 1.807) is 6.92 Å². The van der Waals surface area contributed by atoms with E-state index in [9.17, 15) is 13.9 Å². The Balaban J connectivity index is 4.54. The van der Waals surface area contributed by atoms with Crippen molar-refractivity contribution in [1.82, 2.24) is 0 Å². The number of phosphoric acid groups is 2. The first kappa shape index (κ1) is 16.5. The third-order valence-electron chi connectivity index (χ3n) is 1.21. The van der Waals surface area contributed by atoms with Crippen LogP contribution in [0.4, 0.5) is 0 Å². The van der Waals surface area contributed by atoms with Gasteiger partial charge in [0.1, 0.15) is 0 Å². The van der Waals surface area contributed by atoms with Crippen LogP contribution in [-0.4, -0.2) is 22.4 Å². The number of carbonyl (C=O) groups is 1. The maximum absolute atomic E-state index is 11.1. The summed E-state index contributed by atoms with van der Waals surface area (Å²) in [6, 6.07) is 0. The molecule has 0 aliphatic rings. The van der Waals surface area contributed by atoms with Gasteiger partial charge in [-0.15, -0.1) is 0 Å². The summed E-state index contributed by atoms with van der Waals surface area (Å²) in [5.74, 6) is -1.22. The lowest BCUT2D eigenvalue weighted by molar-refractivity contribution is -0.131. The number of rotatable bonds is 7. The zero-order valence-electron chi connectivity index (χ0n) is 9.36. The minimum atomic E-state index is -5.01. The van der Waals surface area contributed by atoms with Crippen molar-refractivity contribution in [1.29, 1.82) is 0 Å². The molecule has 0 saturated carbocycles. The SMILES string of the molecule is C=C(C)C(=O)OP(=O)(O)OP(=O)(O)OCCC. The topological polar surface area (TPSA) is 119 Å². The summed E-state index contributed by atoms with van der Waals surface area (Å²) in [6.45, 7) is 5.89. The Hall–Kier alpha value is -0.490. The molecule has 0 saturated heterocycles. The molecule has 17 heavy (non-hydrogen) atoms. The maximum Gasteiger partial charge on any atom is 0.538 e. The fourth-order valence-corrected chi connectivity index (χ4v) is 2.70. The third-order valence-corrected chi connectivity index (χ3v) is 3.77. The summed E-state index contributed by atoms with van der Waals surface area (Å²) in [4.78, 5) is 28.9. The Kier molecular flexibility index (Phi) is 6.26. The van der Waals surface area contributed by atoms with Gasteiger partial charge in [0.05, 0.1) is 6.61 Å². The van der Waals surface area contributed by atoms with E-state index in [0.29, 0.717) is 6.42 Å². The summed E-state index contributed by atoms with van der Waals surface area (Å²) >= 11 is 0. The lowest BCUT2D eigenvalue weighted by Gasteiger charge is -2.15. The van der Waals surface area contributed by atoms with Crippen LogP contribution in [-0.2, 0) is 27.3 Å². The standard InChI is InChI=1S/C7H14O8P2/c1-4-5-13-16(9,10)15-17(11,12)14-7(8)6(2)3/h2,4-5H2,1,3H3,(H,9,10)(H,11,12). The highest BCUT2D eigenvalue weighted by Gasteiger charge is 2.37. The van der Waals surface area contributed by atoms with E-state index >= 15 is 0 Å².